The van der Waals surface area contributed by atoms with E-state index in [-0.39, 0.29) is 0 Å². The molecule has 4 heteroatoms. The summed E-state index contributed by atoms with van der Waals surface area (Å²) >= 11 is 1.67. The van der Waals surface area contributed by atoms with Crippen molar-refractivity contribution in [2.75, 3.05) is 25.2 Å². The Hall–Kier alpha value is -1.81. The summed E-state index contributed by atoms with van der Waals surface area (Å²) in [5.41, 5.74) is 6.38. The fourth-order valence-corrected chi connectivity index (χ4v) is 2.20. The van der Waals surface area contributed by atoms with Crippen LogP contribution in [-0.4, -0.2) is 19.5 Å². The van der Waals surface area contributed by atoms with E-state index < -0.39 is 0 Å². The van der Waals surface area contributed by atoms with Gasteiger partial charge in [-0.15, -0.1) is 11.8 Å². The van der Waals surface area contributed by atoms with Crippen molar-refractivity contribution in [3.05, 3.63) is 48.5 Å². The summed E-state index contributed by atoms with van der Waals surface area (Å²) in [4.78, 5) is 1.13. The number of ether oxygens (including phenoxy) is 2. The predicted molar refractivity (Wildman–Crippen MR) is 80.1 cm³/mol. The molecule has 0 aliphatic heterocycles. The monoisotopic (exact) mass is 275 g/mol. The largest absolute Gasteiger partial charge is 0.490 e. The minimum absolute atomic E-state index is 0.492. The van der Waals surface area contributed by atoms with Crippen LogP contribution in [0.1, 0.15) is 0 Å². The molecular weight excluding hydrogens is 258 g/mol. The van der Waals surface area contributed by atoms with E-state index in [0.717, 1.165) is 16.4 Å². The first kappa shape index (κ1) is 13.6. The van der Waals surface area contributed by atoms with Crippen molar-refractivity contribution in [2.24, 2.45) is 0 Å². The van der Waals surface area contributed by atoms with Crippen LogP contribution in [0.15, 0.2) is 53.4 Å². The summed E-state index contributed by atoms with van der Waals surface area (Å²) in [6.07, 6.45) is 2.03. The molecule has 0 spiro atoms. The number of para-hydroxylation sites is 1. The molecule has 0 aliphatic rings. The molecule has 0 bridgehead atoms. The van der Waals surface area contributed by atoms with E-state index in [9.17, 15) is 0 Å². The Balaban J connectivity index is 1.81. The highest BCUT2D eigenvalue weighted by Crippen LogP contribution is 2.26. The van der Waals surface area contributed by atoms with Crippen molar-refractivity contribution in [1.82, 2.24) is 0 Å². The number of thioether (sulfide) groups is 1. The molecule has 0 fully saturated rings. The van der Waals surface area contributed by atoms with Gasteiger partial charge in [-0.3, -0.25) is 0 Å². The highest BCUT2D eigenvalue weighted by molar-refractivity contribution is 7.98. The van der Waals surface area contributed by atoms with E-state index in [0.29, 0.717) is 18.9 Å². The van der Waals surface area contributed by atoms with Crippen molar-refractivity contribution >= 4 is 17.4 Å². The van der Waals surface area contributed by atoms with Crippen LogP contribution >= 0.6 is 11.8 Å². The van der Waals surface area contributed by atoms with E-state index in [4.69, 9.17) is 15.2 Å². The molecule has 0 heterocycles. The van der Waals surface area contributed by atoms with Gasteiger partial charge in [0.15, 0.2) is 0 Å². The van der Waals surface area contributed by atoms with Gasteiger partial charge in [0.2, 0.25) is 0 Å². The van der Waals surface area contributed by atoms with Gasteiger partial charge in [-0.1, -0.05) is 18.2 Å². The van der Waals surface area contributed by atoms with Crippen molar-refractivity contribution in [3.8, 4) is 11.5 Å². The van der Waals surface area contributed by atoms with Crippen LogP contribution in [0.5, 0.6) is 11.5 Å². The fraction of sp³-hybridized carbons (Fsp3) is 0.200. The Morgan fingerprint density at radius 1 is 1.00 bits per heavy atom. The molecule has 2 aromatic carbocycles. The molecule has 3 nitrogen and oxygen atoms in total. The molecule has 0 amide bonds. The van der Waals surface area contributed by atoms with Crippen LogP contribution in [0, 0.1) is 0 Å². The van der Waals surface area contributed by atoms with Gasteiger partial charge in [0.05, 0.1) is 0 Å². The lowest BCUT2D eigenvalue weighted by molar-refractivity contribution is 0.214. The summed E-state index contributed by atoms with van der Waals surface area (Å²) in [5.74, 6) is 1.66. The number of nitrogens with two attached hydrogens (primary N) is 1. The highest BCUT2D eigenvalue weighted by Gasteiger charge is 2.01. The van der Waals surface area contributed by atoms with Crippen LogP contribution in [0.3, 0.4) is 0 Å². The molecular formula is C15H17NO2S. The Bertz CT molecular complexity index is 531. The first-order valence-corrected chi connectivity index (χ1v) is 7.26. The third-order valence-corrected chi connectivity index (χ3v) is 3.31. The second-order valence-electron chi connectivity index (χ2n) is 3.92. The van der Waals surface area contributed by atoms with Crippen molar-refractivity contribution < 1.29 is 9.47 Å². The fourth-order valence-electron chi connectivity index (χ4n) is 1.65. The number of hydrogen-bond donors (Lipinski definition) is 1. The van der Waals surface area contributed by atoms with Gasteiger partial charge in [0, 0.05) is 16.6 Å². The van der Waals surface area contributed by atoms with Gasteiger partial charge < -0.3 is 15.2 Å². The Labute approximate surface area is 117 Å². The molecule has 0 radical (unpaired) electrons. The lowest BCUT2D eigenvalue weighted by Crippen LogP contribution is -2.09. The molecule has 19 heavy (non-hydrogen) atoms. The molecule has 100 valence electrons. The highest BCUT2D eigenvalue weighted by atomic mass is 32.2. The molecule has 0 saturated heterocycles. The van der Waals surface area contributed by atoms with Gasteiger partial charge in [-0.25, -0.2) is 0 Å². The number of anilines is 1. The molecule has 0 aliphatic carbocycles. The third kappa shape index (κ3) is 4.10. The summed E-state index contributed by atoms with van der Waals surface area (Å²) in [7, 11) is 0. The first-order chi connectivity index (χ1) is 9.29. The molecule has 2 N–H and O–H groups in total. The zero-order valence-electron chi connectivity index (χ0n) is 10.8. The Morgan fingerprint density at radius 3 is 2.58 bits per heavy atom. The number of hydrogen-bond acceptors (Lipinski definition) is 4. The molecule has 2 aromatic rings. The average Bonchev–Trinajstić information content (AvgIpc) is 2.44. The molecule has 0 atom stereocenters. The first-order valence-electron chi connectivity index (χ1n) is 6.04. The van der Waals surface area contributed by atoms with Crippen LogP contribution in [0.25, 0.3) is 0 Å². The smallest absolute Gasteiger partial charge is 0.133 e. The van der Waals surface area contributed by atoms with E-state index in [1.165, 1.54) is 0 Å². The van der Waals surface area contributed by atoms with Gasteiger partial charge in [-0.05, 0) is 30.5 Å². The number of rotatable bonds is 6. The van der Waals surface area contributed by atoms with E-state index in [1.54, 1.807) is 17.8 Å². The van der Waals surface area contributed by atoms with Crippen molar-refractivity contribution in [3.63, 3.8) is 0 Å². The van der Waals surface area contributed by atoms with Gasteiger partial charge in [-0.2, -0.15) is 0 Å². The molecule has 0 unspecified atom stereocenters. The maximum absolute atomic E-state index is 5.70. The quantitative estimate of drug-likeness (QED) is 0.498. The lowest BCUT2D eigenvalue weighted by atomic mass is 10.3. The van der Waals surface area contributed by atoms with Crippen LogP contribution in [0.2, 0.25) is 0 Å². The zero-order chi connectivity index (χ0) is 13.5. The minimum Gasteiger partial charge on any atom is -0.490 e. The average molecular weight is 275 g/mol. The number of nitrogen functional groups attached to an aromatic ring is 1. The third-order valence-electron chi connectivity index (χ3n) is 2.54. The van der Waals surface area contributed by atoms with Crippen molar-refractivity contribution in [1.29, 1.82) is 0 Å². The second kappa shape index (κ2) is 6.95. The SMILES string of the molecule is CSc1ccccc1OCCOc1cccc(N)c1. The Kier molecular flexibility index (Phi) is 4.98. The number of benzene rings is 2. The summed E-state index contributed by atoms with van der Waals surface area (Å²) in [6.45, 7) is 0.999. The zero-order valence-corrected chi connectivity index (χ0v) is 11.7. The summed E-state index contributed by atoms with van der Waals surface area (Å²) < 4.78 is 11.3. The standard InChI is InChI=1S/C15H17NO2S/c1-19-15-8-3-2-7-14(15)18-10-9-17-13-6-4-5-12(16)11-13/h2-8,11H,9-10,16H2,1H3. The van der Waals surface area contributed by atoms with E-state index in [1.807, 2.05) is 48.7 Å². The van der Waals surface area contributed by atoms with Crippen LogP contribution < -0.4 is 15.2 Å². The second-order valence-corrected chi connectivity index (χ2v) is 4.77. The minimum atomic E-state index is 0.492. The lowest BCUT2D eigenvalue weighted by Gasteiger charge is -2.11. The summed E-state index contributed by atoms with van der Waals surface area (Å²) in [6, 6.07) is 15.4. The van der Waals surface area contributed by atoms with Gasteiger partial charge >= 0.3 is 0 Å². The van der Waals surface area contributed by atoms with Gasteiger partial charge in [0.25, 0.3) is 0 Å². The van der Waals surface area contributed by atoms with Gasteiger partial charge in [0.1, 0.15) is 24.7 Å². The van der Waals surface area contributed by atoms with E-state index in [2.05, 4.69) is 0 Å². The normalized spacial score (nSPS) is 10.2. The molecule has 0 saturated carbocycles. The molecule has 2 rings (SSSR count). The maximum atomic E-state index is 5.70. The van der Waals surface area contributed by atoms with Crippen LogP contribution in [0.4, 0.5) is 5.69 Å². The van der Waals surface area contributed by atoms with Crippen molar-refractivity contribution in [2.45, 2.75) is 4.90 Å². The topological polar surface area (TPSA) is 44.5 Å². The van der Waals surface area contributed by atoms with Crippen LogP contribution in [-0.2, 0) is 0 Å². The summed E-state index contributed by atoms with van der Waals surface area (Å²) in [5, 5.41) is 0. The molecule has 0 aromatic heterocycles. The Morgan fingerprint density at radius 2 is 1.79 bits per heavy atom. The van der Waals surface area contributed by atoms with E-state index >= 15 is 0 Å². The predicted octanol–water partition coefficient (Wildman–Crippen LogP) is 3.45. The maximum Gasteiger partial charge on any atom is 0.133 e.